The van der Waals surface area contributed by atoms with Gasteiger partial charge in [-0.15, -0.1) is 0 Å². The molecule has 2 heterocycles. The molecule has 0 aliphatic rings. The Kier molecular flexibility index (Phi) is 8.84. The van der Waals surface area contributed by atoms with Crippen molar-refractivity contribution < 1.29 is 10.8 Å². The number of nitrogens with zero attached hydrogens (tertiary/aromatic N) is 3. The molecule has 4 aromatic carbocycles. The smallest absolute Gasteiger partial charge is 0.119 e. The first-order valence-corrected chi connectivity index (χ1v) is 14.5. The monoisotopic (exact) mass is 616 g/mol. The van der Waals surface area contributed by atoms with E-state index in [4.69, 9.17) is 44.0 Å². The summed E-state index contributed by atoms with van der Waals surface area (Å²) in [6, 6.07) is 23.5. The summed E-state index contributed by atoms with van der Waals surface area (Å²) < 4.78 is 16.7. The molecule has 2 N–H and O–H groups in total. The van der Waals surface area contributed by atoms with E-state index in [1.165, 1.54) is 7.40 Å². The molecule has 222 valence electrons. The van der Waals surface area contributed by atoms with Crippen LogP contribution in [0.1, 0.15) is 8.77 Å². The van der Waals surface area contributed by atoms with Crippen LogP contribution in [0.25, 0.3) is 43.6 Å². The third kappa shape index (κ3) is 6.34. The fraction of sp³-hybridized carbons (Fsp3) is 0.235. The Balaban J connectivity index is 0.00000188. The van der Waals surface area contributed by atoms with Crippen molar-refractivity contribution in [2.75, 3.05) is 58.1 Å². The van der Waals surface area contributed by atoms with Gasteiger partial charge >= 0.3 is 0 Å². The van der Waals surface area contributed by atoms with Crippen LogP contribution in [0.3, 0.4) is 0 Å². The van der Waals surface area contributed by atoms with Gasteiger partial charge in [-0.2, -0.15) is 0 Å². The van der Waals surface area contributed by atoms with Crippen LogP contribution in [-0.4, -0.2) is 62.3 Å². The highest BCUT2D eigenvalue weighted by Gasteiger charge is 2.13. The number of fused-ring (bicyclic) bond motifs is 4. The van der Waals surface area contributed by atoms with Crippen molar-refractivity contribution in [3.05, 3.63) is 82.8 Å². The van der Waals surface area contributed by atoms with Crippen LogP contribution >= 0.6 is 23.2 Å². The number of hydrogen-bond donors (Lipinski definition) is 2. The highest BCUT2D eigenvalue weighted by molar-refractivity contribution is 6.32. The molecular weight excluding hydrogens is 581 g/mol. The molecule has 2 aromatic heterocycles. The molecule has 0 bridgehead atoms. The second-order valence-corrected chi connectivity index (χ2v) is 11.1. The lowest BCUT2D eigenvalue weighted by molar-refractivity contribution is 0.361. The molecular formula is C34H35Cl2N5O2. The average molecular weight is 618 g/mol. The molecule has 0 fully saturated rings. The summed E-state index contributed by atoms with van der Waals surface area (Å²) in [6.07, 6.45) is 0. The molecule has 6 aromatic rings. The molecule has 7 nitrogen and oxygen atoms in total. The van der Waals surface area contributed by atoms with Crippen LogP contribution in [0.2, 0.25) is 10.0 Å². The Morgan fingerprint density at radius 3 is 1.51 bits per heavy atom. The Hall–Kier alpha value is -4.04. The normalized spacial score (nSPS) is 11.5. The third-order valence-corrected chi connectivity index (χ3v) is 7.95. The molecule has 0 aliphatic carbocycles. The minimum absolute atomic E-state index is 0.664. The van der Waals surface area contributed by atoms with Gasteiger partial charge in [0.1, 0.15) is 11.5 Å². The second kappa shape index (κ2) is 13.1. The molecule has 0 unspecified atom stereocenters. The first-order chi connectivity index (χ1) is 21.4. The molecule has 0 saturated heterocycles. The minimum Gasteiger partial charge on any atom is -0.497 e. The van der Waals surface area contributed by atoms with Crippen molar-refractivity contribution in [1.82, 2.24) is 14.9 Å². The van der Waals surface area contributed by atoms with Crippen LogP contribution in [0.15, 0.2) is 72.8 Å². The number of ether oxygens (including phenoxy) is 2. The van der Waals surface area contributed by atoms with E-state index in [0.29, 0.717) is 10.0 Å². The number of hydrogen-bond acceptors (Lipinski definition) is 7. The van der Waals surface area contributed by atoms with Gasteiger partial charge in [0.05, 0.1) is 47.7 Å². The minimum atomic E-state index is 0.664. The number of likely N-dealkylation sites (N-methyl/N-ethyl adjacent to an activating group) is 1. The Labute approximate surface area is 263 Å². The van der Waals surface area contributed by atoms with Crippen LogP contribution in [0, 0.1) is 0 Å². The highest BCUT2D eigenvalue weighted by Crippen LogP contribution is 2.35. The fourth-order valence-electron chi connectivity index (χ4n) is 5.28. The standard InChI is InChI=1S/C33H31Cl2N5O2.CH4/c1-40(14-12-36-32-24-8-4-20(34)16-30(24)38-28-10-6-22(41-2)18-26(28)32)15-13-37-33-25-9-5-21(35)17-31(25)39-29-11-7-23(42-3)19-27(29)33;/h4-11,16-19H,12-15H2,1-3H3,(H,36,38)(H,37,39);1H4/i;1D. The Morgan fingerprint density at radius 1 is 0.651 bits per heavy atom. The molecule has 0 saturated carbocycles. The molecule has 0 atom stereocenters. The molecule has 0 radical (unpaired) electrons. The van der Waals surface area contributed by atoms with Gasteiger partial charge in [-0.05, 0) is 79.8 Å². The van der Waals surface area contributed by atoms with Gasteiger partial charge in [0.2, 0.25) is 0 Å². The topological polar surface area (TPSA) is 71.5 Å². The van der Waals surface area contributed by atoms with E-state index >= 15 is 0 Å². The summed E-state index contributed by atoms with van der Waals surface area (Å²) in [5, 5.41) is 12.7. The van der Waals surface area contributed by atoms with Crippen molar-refractivity contribution in [2.45, 2.75) is 7.40 Å². The van der Waals surface area contributed by atoms with E-state index in [2.05, 4.69) is 22.6 Å². The summed E-state index contributed by atoms with van der Waals surface area (Å²) in [7, 11) is 6.73. The van der Waals surface area contributed by atoms with Gasteiger partial charge in [0.25, 0.3) is 0 Å². The van der Waals surface area contributed by atoms with E-state index in [9.17, 15) is 0 Å². The maximum absolute atomic E-state index is 6.29. The summed E-state index contributed by atoms with van der Waals surface area (Å²) >= 11 is 12.6. The summed E-state index contributed by atoms with van der Waals surface area (Å²) in [5.41, 5.74) is 5.55. The third-order valence-electron chi connectivity index (χ3n) is 7.48. The van der Waals surface area contributed by atoms with Gasteiger partial charge in [0.15, 0.2) is 0 Å². The Morgan fingerprint density at radius 2 is 1.09 bits per heavy atom. The van der Waals surface area contributed by atoms with Gasteiger partial charge in [-0.3, -0.25) is 0 Å². The van der Waals surface area contributed by atoms with E-state index in [1.54, 1.807) is 14.2 Å². The lowest BCUT2D eigenvalue weighted by Gasteiger charge is -2.20. The summed E-state index contributed by atoms with van der Waals surface area (Å²) in [6.45, 7) is 3.18. The van der Waals surface area contributed by atoms with Crippen LogP contribution in [-0.2, 0) is 0 Å². The number of pyridine rings is 2. The van der Waals surface area contributed by atoms with Gasteiger partial charge < -0.3 is 25.0 Å². The molecule has 0 amide bonds. The lowest BCUT2D eigenvalue weighted by atomic mass is 10.1. The first-order valence-electron chi connectivity index (χ1n) is 14.7. The van der Waals surface area contributed by atoms with Crippen molar-refractivity contribution in [2.24, 2.45) is 0 Å². The number of nitrogens with one attached hydrogen (secondary N) is 2. The summed E-state index contributed by atoms with van der Waals surface area (Å²) in [5.74, 6) is 1.58. The average Bonchev–Trinajstić information content (AvgIpc) is 3.04. The van der Waals surface area contributed by atoms with Crippen molar-refractivity contribution in [1.29, 1.82) is 0 Å². The largest absolute Gasteiger partial charge is 0.497 e. The van der Waals surface area contributed by atoms with Gasteiger partial charge in [0, 0.05) is 59.1 Å². The number of methoxy groups -OCH3 is 2. The number of anilines is 2. The van der Waals surface area contributed by atoms with Crippen molar-refractivity contribution in [3.8, 4) is 11.5 Å². The molecule has 43 heavy (non-hydrogen) atoms. The van der Waals surface area contributed by atoms with E-state index < -0.39 is 0 Å². The molecule has 0 spiro atoms. The predicted molar refractivity (Wildman–Crippen MR) is 183 cm³/mol. The zero-order valence-electron chi connectivity index (χ0n) is 25.7. The zero-order valence-corrected chi connectivity index (χ0v) is 26.2. The van der Waals surface area contributed by atoms with E-state index in [1.807, 2.05) is 72.8 Å². The number of benzene rings is 4. The maximum Gasteiger partial charge on any atom is 0.119 e. The number of halogens is 2. The number of aromatic nitrogens is 2. The van der Waals surface area contributed by atoms with Gasteiger partial charge in [-0.25, -0.2) is 9.97 Å². The molecule has 9 heteroatoms. The maximum atomic E-state index is 6.29. The van der Waals surface area contributed by atoms with Crippen LogP contribution < -0.4 is 20.1 Å². The Bertz CT molecular complexity index is 1800. The number of rotatable bonds is 10. The molecule has 0 aliphatic heterocycles. The predicted octanol–water partition coefficient (Wildman–Crippen LogP) is 8.51. The zero-order chi connectivity index (χ0) is 31.2. The SMILES string of the molecule is COc1ccc2nc3cc(Cl)ccc3c(NCCN(C)CCNc3c4ccc(Cl)cc4nc4ccc(OC)cc34)c2c1.[2H]C. The quantitative estimate of drug-likeness (QED) is 0.149. The van der Waals surface area contributed by atoms with Gasteiger partial charge in [-0.1, -0.05) is 30.6 Å². The summed E-state index contributed by atoms with van der Waals surface area (Å²) in [4.78, 5) is 12.0. The van der Waals surface area contributed by atoms with Crippen molar-refractivity contribution in [3.63, 3.8) is 0 Å². The van der Waals surface area contributed by atoms with E-state index in [-0.39, 0.29) is 0 Å². The lowest BCUT2D eigenvalue weighted by Crippen LogP contribution is -2.30. The van der Waals surface area contributed by atoms with Crippen LogP contribution in [0.4, 0.5) is 11.4 Å². The van der Waals surface area contributed by atoms with Crippen LogP contribution in [0.5, 0.6) is 11.5 Å². The van der Waals surface area contributed by atoms with E-state index in [0.717, 1.165) is 92.7 Å². The van der Waals surface area contributed by atoms with Crippen molar-refractivity contribution >= 4 is 78.2 Å². The molecule has 6 rings (SSSR count). The fourth-order valence-corrected chi connectivity index (χ4v) is 5.62. The second-order valence-electron chi connectivity index (χ2n) is 10.2. The first kappa shape index (κ1) is 29.1. The highest BCUT2D eigenvalue weighted by atomic mass is 35.5.